The lowest BCUT2D eigenvalue weighted by atomic mass is 9.93. The first-order valence-electron chi connectivity index (χ1n) is 3.93. The van der Waals surface area contributed by atoms with Crippen LogP contribution in [0.4, 0.5) is 0 Å². The molecule has 0 spiro atoms. The van der Waals surface area contributed by atoms with E-state index in [1.165, 1.54) is 12.8 Å². The average Bonchev–Trinajstić information content (AvgIpc) is 2.22. The molecule has 4 atom stereocenters. The molecule has 0 radical (unpaired) electrons. The number of rotatable bonds is 0. The van der Waals surface area contributed by atoms with Gasteiger partial charge in [0.2, 0.25) is 0 Å². The quantitative estimate of drug-likeness (QED) is 0.481. The predicted octanol–water partition coefficient (Wildman–Crippen LogP) is 1.82. The van der Waals surface area contributed by atoms with Gasteiger partial charge in [0.1, 0.15) is 0 Å². The van der Waals surface area contributed by atoms with Crippen molar-refractivity contribution >= 4 is 0 Å². The lowest BCUT2D eigenvalue weighted by Crippen LogP contribution is -2.23. The zero-order valence-corrected chi connectivity index (χ0v) is 6.13. The molecule has 1 heterocycles. The number of ether oxygens (including phenoxy) is 1. The molecule has 1 nitrogen and oxygen atoms in total. The summed E-state index contributed by atoms with van der Waals surface area (Å²) < 4.78 is 5.63. The van der Waals surface area contributed by atoms with Crippen molar-refractivity contribution in [3.8, 4) is 0 Å². The van der Waals surface area contributed by atoms with Crippen molar-refractivity contribution in [2.45, 2.75) is 38.9 Å². The summed E-state index contributed by atoms with van der Waals surface area (Å²) in [5, 5.41) is 0. The van der Waals surface area contributed by atoms with E-state index in [2.05, 4.69) is 13.8 Å². The Balaban J connectivity index is 2.13. The molecule has 0 N–H and O–H groups in total. The van der Waals surface area contributed by atoms with Crippen LogP contribution in [-0.4, -0.2) is 12.2 Å². The van der Waals surface area contributed by atoms with E-state index in [-0.39, 0.29) is 0 Å². The second-order valence-corrected chi connectivity index (χ2v) is 3.58. The molecule has 0 aromatic rings. The standard InChI is InChI=1S/C8H14O/c1-5-3-7-4-8(5)6(2)9-7/h5-8H,3-4H2,1-2H3. The van der Waals surface area contributed by atoms with Crippen LogP contribution < -0.4 is 0 Å². The highest BCUT2D eigenvalue weighted by atomic mass is 16.5. The Morgan fingerprint density at radius 3 is 2.33 bits per heavy atom. The number of hydrogen-bond donors (Lipinski definition) is 0. The van der Waals surface area contributed by atoms with E-state index in [9.17, 15) is 0 Å². The Bertz CT molecular complexity index is 110. The minimum absolute atomic E-state index is 0.554. The van der Waals surface area contributed by atoms with Gasteiger partial charge in [-0.3, -0.25) is 0 Å². The van der Waals surface area contributed by atoms with Gasteiger partial charge in [0.15, 0.2) is 0 Å². The molecule has 1 aliphatic heterocycles. The second-order valence-electron chi connectivity index (χ2n) is 3.58. The monoisotopic (exact) mass is 126 g/mol. The molecule has 2 aliphatic rings. The van der Waals surface area contributed by atoms with Gasteiger partial charge in [0, 0.05) is 0 Å². The molecule has 0 amide bonds. The summed E-state index contributed by atoms with van der Waals surface area (Å²) in [5.74, 6) is 1.81. The van der Waals surface area contributed by atoms with Crippen molar-refractivity contribution in [2.75, 3.05) is 0 Å². The highest BCUT2D eigenvalue weighted by Gasteiger charge is 2.42. The van der Waals surface area contributed by atoms with Crippen LogP contribution >= 0.6 is 0 Å². The maximum atomic E-state index is 5.63. The Kier molecular flexibility index (Phi) is 1.10. The topological polar surface area (TPSA) is 9.23 Å². The van der Waals surface area contributed by atoms with Crippen LogP contribution in [0.1, 0.15) is 26.7 Å². The van der Waals surface area contributed by atoms with E-state index in [0.717, 1.165) is 11.8 Å². The zero-order valence-electron chi connectivity index (χ0n) is 6.13. The third-order valence-corrected chi connectivity index (χ3v) is 2.91. The van der Waals surface area contributed by atoms with Crippen LogP contribution in [0.2, 0.25) is 0 Å². The Labute approximate surface area is 56.4 Å². The van der Waals surface area contributed by atoms with Gasteiger partial charge in [0.05, 0.1) is 12.2 Å². The molecule has 9 heavy (non-hydrogen) atoms. The highest BCUT2D eigenvalue weighted by Crippen LogP contribution is 2.43. The van der Waals surface area contributed by atoms with E-state index in [4.69, 9.17) is 4.74 Å². The van der Waals surface area contributed by atoms with Gasteiger partial charge >= 0.3 is 0 Å². The summed E-state index contributed by atoms with van der Waals surface area (Å²) >= 11 is 0. The summed E-state index contributed by atoms with van der Waals surface area (Å²) in [6.07, 6.45) is 3.83. The summed E-state index contributed by atoms with van der Waals surface area (Å²) in [5.41, 5.74) is 0. The van der Waals surface area contributed by atoms with Gasteiger partial charge in [-0.15, -0.1) is 0 Å². The van der Waals surface area contributed by atoms with E-state index in [1.54, 1.807) is 0 Å². The van der Waals surface area contributed by atoms with Crippen molar-refractivity contribution in [2.24, 2.45) is 11.8 Å². The van der Waals surface area contributed by atoms with E-state index in [1.807, 2.05) is 0 Å². The molecular formula is C8H14O. The van der Waals surface area contributed by atoms with Crippen molar-refractivity contribution < 1.29 is 4.74 Å². The van der Waals surface area contributed by atoms with Crippen molar-refractivity contribution in [3.05, 3.63) is 0 Å². The fourth-order valence-electron chi connectivity index (χ4n) is 2.39. The summed E-state index contributed by atoms with van der Waals surface area (Å²) in [7, 11) is 0. The van der Waals surface area contributed by atoms with Crippen LogP contribution in [-0.2, 0) is 4.74 Å². The maximum absolute atomic E-state index is 5.63. The third-order valence-electron chi connectivity index (χ3n) is 2.91. The lowest BCUT2D eigenvalue weighted by molar-refractivity contribution is -0.00393. The van der Waals surface area contributed by atoms with Gasteiger partial charge in [-0.1, -0.05) is 6.92 Å². The third kappa shape index (κ3) is 0.710. The van der Waals surface area contributed by atoms with Crippen molar-refractivity contribution in [3.63, 3.8) is 0 Å². The first-order valence-corrected chi connectivity index (χ1v) is 3.93. The van der Waals surface area contributed by atoms with Crippen molar-refractivity contribution in [1.29, 1.82) is 0 Å². The summed E-state index contributed by atoms with van der Waals surface area (Å²) in [4.78, 5) is 0. The van der Waals surface area contributed by atoms with Crippen LogP contribution in [0.25, 0.3) is 0 Å². The SMILES string of the molecule is CC1CC2CC1C(C)O2. The molecule has 1 heteroatoms. The van der Waals surface area contributed by atoms with E-state index in [0.29, 0.717) is 12.2 Å². The normalized spacial score (nSPS) is 56.7. The molecule has 2 fully saturated rings. The van der Waals surface area contributed by atoms with E-state index >= 15 is 0 Å². The molecule has 1 aliphatic carbocycles. The molecule has 0 aromatic heterocycles. The van der Waals surface area contributed by atoms with Crippen LogP contribution in [0, 0.1) is 11.8 Å². The first-order chi connectivity index (χ1) is 4.27. The number of fused-ring (bicyclic) bond motifs is 2. The fraction of sp³-hybridized carbons (Fsp3) is 1.00. The minimum atomic E-state index is 0.554. The maximum Gasteiger partial charge on any atom is 0.0585 e. The smallest absolute Gasteiger partial charge is 0.0585 e. The van der Waals surface area contributed by atoms with Gasteiger partial charge in [0.25, 0.3) is 0 Å². The zero-order chi connectivity index (χ0) is 6.43. The summed E-state index contributed by atoms with van der Waals surface area (Å²) in [6.45, 7) is 4.56. The first kappa shape index (κ1) is 5.72. The second kappa shape index (κ2) is 1.72. The molecule has 4 unspecified atom stereocenters. The average molecular weight is 126 g/mol. The van der Waals surface area contributed by atoms with Gasteiger partial charge in [-0.25, -0.2) is 0 Å². The Morgan fingerprint density at radius 2 is 2.00 bits per heavy atom. The molecular weight excluding hydrogens is 112 g/mol. The van der Waals surface area contributed by atoms with Gasteiger partial charge in [-0.2, -0.15) is 0 Å². The largest absolute Gasteiger partial charge is 0.375 e. The van der Waals surface area contributed by atoms with Crippen LogP contribution in [0.3, 0.4) is 0 Å². The Hall–Kier alpha value is -0.0400. The molecule has 1 saturated carbocycles. The molecule has 52 valence electrons. The van der Waals surface area contributed by atoms with Crippen molar-refractivity contribution in [1.82, 2.24) is 0 Å². The molecule has 1 saturated heterocycles. The van der Waals surface area contributed by atoms with Gasteiger partial charge < -0.3 is 4.74 Å². The van der Waals surface area contributed by atoms with Crippen LogP contribution in [0.5, 0.6) is 0 Å². The van der Waals surface area contributed by atoms with Gasteiger partial charge in [-0.05, 0) is 31.6 Å². The summed E-state index contributed by atoms with van der Waals surface area (Å²) in [6, 6.07) is 0. The molecule has 2 rings (SSSR count). The predicted molar refractivity (Wildman–Crippen MR) is 36.2 cm³/mol. The van der Waals surface area contributed by atoms with E-state index < -0.39 is 0 Å². The minimum Gasteiger partial charge on any atom is -0.375 e. The lowest BCUT2D eigenvalue weighted by Gasteiger charge is -2.23. The number of hydrogen-bond acceptors (Lipinski definition) is 1. The molecule has 0 aromatic carbocycles. The highest BCUT2D eigenvalue weighted by molar-refractivity contribution is 4.91. The Morgan fingerprint density at radius 1 is 1.22 bits per heavy atom. The van der Waals surface area contributed by atoms with Crippen LogP contribution in [0.15, 0.2) is 0 Å². The molecule has 2 bridgehead atoms. The fourth-order valence-corrected chi connectivity index (χ4v) is 2.39.